The van der Waals surface area contributed by atoms with E-state index in [2.05, 4.69) is 16.0 Å². The van der Waals surface area contributed by atoms with Crippen LogP contribution in [0.5, 0.6) is 0 Å². The number of rotatable bonds is 6. The summed E-state index contributed by atoms with van der Waals surface area (Å²) < 4.78 is 0. The van der Waals surface area contributed by atoms with E-state index in [0.29, 0.717) is 6.54 Å². The van der Waals surface area contributed by atoms with Crippen LogP contribution in [0.25, 0.3) is 0 Å². The Morgan fingerprint density at radius 3 is 2.35 bits per heavy atom. The summed E-state index contributed by atoms with van der Waals surface area (Å²) in [5.74, 6) is -0.201. The highest BCUT2D eigenvalue weighted by atomic mass is 16.2. The summed E-state index contributed by atoms with van der Waals surface area (Å²) in [7, 11) is 0. The van der Waals surface area contributed by atoms with Crippen LogP contribution in [0.3, 0.4) is 0 Å². The lowest BCUT2D eigenvalue weighted by atomic mass is 10.2. The Bertz CT molecular complexity index is 434. The average Bonchev–Trinajstić information content (AvgIpc) is 2.45. The Kier molecular flexibility index (Phi) is 6.56. The van der Waals surface area contributed by atoms with Crippen LogP contribution in [0.15, 0.2) is 30.3 Å². The molecule has 0 aromatic heterocycles. The van der Waals surface area contributed by atoms with Crippen molar-refractivity contribution in [1.82, 2.24) is 16.0 Å². The third kappa shape index (κ3) is 5.73. The molecule has 0 aliphatic carbocycles. The Balaban J connectivity index is 2.34. The van der Waals surface area contributed by atoms with Gasteiger partial charge in [-0.3, -0.25) is 4.79 Å². The third-order valence-electron chi connectivity index (χ3n) is 3.04. The quantitative estimate of drug-likeness (QED) is 0.742. The van der Waals surface area contributed by atoms with Crippen molar-refractivity contribution in [2.45, 2.75) is 45.8 Å². The monoisotopic (exact) mass is 277 g/mol. The zero-order valence-corrected chi connectivity index (χ0v) is 12.3. The first-order chi connectivity index (χ1) is 9.52. The van der Waals surface area contributed by atoms with Crippen molar-refractivity contribution in [3.05, 3.63) is 35.9 Å². The largest absolute Gasteiger partial charge is 0.350 e. The number of hydrogen-bond donors (Lipinski definition) is 3. The summed E-state index contributed by atoms with van der Waals surface area (Å²) in [5, 5.41) is 8.17. The van der Waals surface area contributed by atoms with Crippen LogP contribution in [-0.4, -0.2) is 24.0 Å². The Labute approximate surface area is 120 Å². The minimum Gasteiger partial charge on any atom is -0.350 e. The molecule has 110 valence electrons. The van der Waals surface area contributed by atoms with Crippen LogP contribution >= 0.6 is 0 Å². The van der Waals surface area contributed by atoms with E-state index < -0.39 is 6.04 Å². The summed E-state index contributed by atoms with van der Waals surface area (Å²) >= 11 is 0. The second-order valence-corrected chi connectivity index (χ2v) is 4.85. The van der Waals surface area contributed by atoms with E-state index in [1.54, 1.807) is 6.92 Å². The molecule has 0 aliphatic rings. The summed E-state index contributed by atoms with van der Waals surface area (Å²) in [6.45, 7) is 6.02. The number of amides is 3. The first kappa shape index (κ1) is 16.0. The number of hydrogen-bond acceptors (Lipinski definition) is 2. The topological polar surface area (TPSA) is 70.2 Å². The first-order valence-corrected chi connectivity index (χ1v) is 6.91. The third-order valence-corrected chi connectivity index (χ3v) is 3.04. The summed E-state index contributed by atoms with van der Waals surface area (Å²) in [6.07, 6.45) is 0.849. The van der Waals surface area contributed by atoms with Crippen molar-refractivity contribution < 1.29 is 9.59 Å². The molecule has 0 saturated carbocycles. The highest BCUT2D eigenvalue weighted by molar-refractivity contribution is 5.86. The smallest absolute Gasteiger partial charge is 0.315 e. The SMILES string of the molecule is CC[C@H](C)NC(=O)N[C@@H](C)C(=O)NCc1ccccc1. The molecule has 20 heavy (non-hydrogen) atoms. The van der Waals surface area contributed by atoms with Crippen LogP contribution in [0.1, 0.15) is 32.8 Å². The molecule has 0 fully saturated rings. The number of carbonyl (C=O) groups is 2. The predicted octanol–water partition coefficient (Wildman–Crippen LogP) is 1.79. The maximum absolute atomic E-state index is 11.9. The summed E-state index contributed by atoms with van der Waals surface area (Å²) in [4.78, 5) is 23.5. The molecule has 0 radical (unpaired) electrons. The molecular formula is C15H23N3O2. The van der Waals surface area contributed by atoms with E-state index in [-0.39, 0.29) is 18.0 Å². The number of urea groups is 1. The van der Waals surface area contributed by atoms with Crippen molar-refractivity contribution in [1.29, 1.82) is 0 Å². The number of benzene rings is 1. The molecule has 3 amide bonds. The van der Waals surface area contributed by atoms with Gasteiger partial charge in [-0.05, 0) is 25.8 Å². The van der Waals surface area contributed by atoms with Crippen LogP contribution in [0.4, 0.5) is 4.79 Å². The molecule has 5 nitrogen and oxygen atoms in total. The van der Waals surface area contributed by atoms with Gasteiger partial charge in [-0.1, -0.05) is 37.3 Å². The number of nitrogens with one attached hydrogen (secondary N) is 3. The van der Waals surface area contributed by atoms with Gasteiger partial charge in [0, 0.05) is 12.6 Å². The second-order valence-electron chi connectivity index (χ2n) is 4.85. The predicted molar refractivity (Wildman–Crippen MR) is 79.2 cm³/mol. The van der Waals surface area contributed by atoms with Gasteiger partial charge in [-0.15, -0.1) is 0 Å². The molecule has 0 spiro atoms. The van der Waals surface area contributed by atoms with Crippen LogP contribution in [0.2, 0.25) is 0 Å². The van der Waals surface area contributed by atoms with Gasteiger partial charge in [0.15, 0.2) is 0 Å². The molecule has 1 aromatic carbocycles. The van der Waals surface area contributed by atoms with E-state index in [9.17, 15) is 9.59 Å². The van der Waals surface area contributed by atoms with E-state index in [0.717, 1.165) is 12.0 Å². The van der Waals surface area contributed by atoms with Gasteiger partial charge in [0.1, 0.15) is 6.04 Å². The normalized spacial score (nSPS) is 13.2. The fourth-order valence-corrected chi connectivity index (χ4v) is 1.57. The van der Waals surface area contributed by atoms with Gasteiger partial charge in [-0.2, -0.15) is 0 Å². The van der Waals surface area contributed by atoms with Crippen LogP contribution in [0, 0.1) is 0 Å². The highest BCUT2D eigenvalue weighted by Crippen LogP contribution is 1.97. The van der Waals surface area contributed by atoms with Crippen molar-refractivity contribution in [2.75, 3.05) is 0 Å². The standard InChI is InChI=1S/C15H23N3O2/c1-4-11(2)17-15(20)18-12(3)14(19)16-10-13-8-6-5-7-9-13/h5-9,11-12H,4,10H2,1-3H3,(H,16,19)(H2,17,18,20)/t11-,12-/m0/s1. The fourth-order valence-electron chi connectivity index (χ4n) is 1.57. The fraction of sp³-hybridized carbons (Fsp3) is 0.467. The van der Waals surface area contributed by atoms with E-state index in [1.165, 1.54) is 0 Å². The molecule has 0 aliphatic heterocycles. The molecule has 5 heteroatoms. The van der Waals surface area contributed by atoms with Crippen molar-refractivity contribution >= 4 is 11.9 Å². The van der Waals surface area contributed by atoms with Crippen LogP contribution < -0.4 is 16.0 Å². The number of carbonyl (C=O) groups excluding carboxylic acids is 2. The Hall–Kier alpha value is -2.04. The van der Waals surface area contributed by atoms with Crippen molar-refractivity contribution in [2.24, 2.45) is 0 Å². The van der Waals surface area contributed by atoms with Gasteiger partial charge in [0.2, 0.25) is 5.91 Å². The average molecular weight is 277 g/mol. The lowest BCUT2D eigenvalue weighted by Gasteiger charge is -2.17. The van der Waals surface area contributed by atoms with E-state index in [4.69, 9.17) is 0 Å². The molecule has 2 atom stereocenters. The minimum atomic E-state index is -0.567. The lowest BCUT2D eigenvalue weighted by molar-refractivity contribution is -0.122. The first-order valence-electron chi connectivity index (χ1n) is 6.91. The van der Waals surface area contributed by atoms with Gasteiger partial charge < -0.3 is 16.0 Å². The molecule has 0 saturated heterocycles. The van der Waals surface area contributed by atoms with E-state index >= 15 is 0 Å². The highest BCUT2D eigenvalue weighted by Gasteiger charge is 2.15. The molecule has 0 unspecified atom stereocenters. The zero-order chi connectivity index (χ0) is 15.0. The van der Waals surface area contributed by atoms with Gasteiger partial charge in [0.25, 0.3) is 0 Å². The van der Waals surface area contributed by atoms with E-state index in [1.807, 2.05) is 44.2 Å². The minimum absolute atomic E-state index is 0.0922. The van der Waals surface area contributed by atoms with Crippen LogP contribution in [-0.2, 0) is 11.3 Å². The molecule has 1 aromatic rings. The molecular weight excluding hydrogens is 254 g/mol. The zero-order valence-electron chi connectivity index (χ0n) is 12.3. The van der Waals surface area contributed by atoms with Gasteiger partial charge in [0.05, 0.1) is 0 Å². The molecule has 0 bridgehead atoms. The van der Waals surface area contributed by atoms with Crippen molar-refractivity contribution in [3.8, 4) is 0 Å². The summed E-state index contributed by atoms with van der Waals surface area (Å²) in [6, 6.07) is 8.85. The van der Waals surface area contributed by atoms with Gasteiger partial charge in [-0.25, -0.2) is 4.79 Å². The molecule has 0 heterocycles. The molecule has 3 N–H and O–H groups in total. The second kappa shape index (κ2) is 8.19. The maximum atomic E-state index is 11.9. The summed E-state index contributed by atoms with van der Waals surface area (Å²) in [5.41, 5.74) is 1.03. The van der Waals surface area contributed by atoms with Gasteiger partial charge >= 0.3 is 6.03 Å². The molecule has 1 rings (SSSR count). The Morgan fingerprint density at radius 2 is 1.75 bits per heavy atom. The lowest BCUT2D eigenvalue weighted by Crippen LogP contribution is -2.50. The Morgan fingerprint density at radius 1 is 1.10 bits per heavy atom. The van der Waals surface area contributed by atoms with Crippen molar-refractivity contribution in [3.63, 3.8) is 0 Å². The maximum Gasteiger partial charge on any atom is 0.315 e.